The molecule has 0 fully saturated rings. The van der Waals surface area contributed by atoms with Crippen molar-refractivity contribution < 1.29 is 4.79 Å². The highest BCUT2D eigenvalue weighted by Crippen LogP contribution is 2.22. The number of benzene rings is 3. The van der Waals surface area contributed by atoms with Crippen molar-refractivity contribution in [1.29, 1.82) is 0 Å². The predicted octanol–water partition coefficient (Wildman–Crippen LogP) is 5.67. The fourth-order valence-electron chi connectivity index (χ4n) is 2.32. The average molecular weight is 348 g/mol. The number of amides is 1. The van der Waals surface area contributed by atoms with E-state index < -0.39 is 0 Å². The smallest absolute Gasteiger partial charge is 0.255 e. The number of carbonyl (C=O) groups excluding carboxylic acids is 1. The number of hydrogen-bond acceptors (Lipinski definition) is 3. The summed E-state index contributed by atoms with van der Waals surface area (Å²) in [6.45, 7) is 4.05. The summed E-state index contributed by atoms with van der Waals surface area (Å²) in [4.78, 5) is 13.4. The molecule has 0 aliphatic heterocycles. The minimum absolute atomic E-state index is 0.0997. The van der Waals surface area contributed by atoms with Crippen molar-refractivity contribution in [2.75, 3.05) is 10.0 Å². The summed E-state index contributed by atoms with van der Waals surface area (Å²) in [7, 11) is 0. The van der Waals surface area contributed by atoms with Gasteiger partial charge in [0.2, 0.25) is 0 Å². The normalized spacial score (nSPS) is 10.3. The molecule has 2 N–H and O–H groups in total. The molecule has 0 aliphatic carbocycles. The van der Waals surface area contributed by atoms with Crippen LogP contribution in [0.5, 0.6) is 0 Å². The van der Waals surface area contributed by atoms with Crippen LogP contribution in [-0.2, 0) is 0 Å². The molecule has 1 amide bonds. The minimum atomic E-state index is -0.0997. The third-order valence-electron chi connectivity index (χ3n) is 3.85. The molecule has 4 heteroatoms. The summed E-state index contributed by atoms with van der Waals surface area (Å²) in [6, 6.07) is 23.6. The molecule has 0 unspecified atom stereocenters. The Morgan fingerprint density at radius 2 is 1.52 bits per heavy atom. The number of nitrogens with one attached hydrogen (secondary N) is 2. The standard InChI is InChI=1S/C21H20N2OS/c1-15-7-11-18(12-8-15)23-25-19-13-9-17(10-14-19)21(24)22-20-6-4-3-5-16(20)2/h3-14,23H,1-2H3,(H,22,24). The van der Waals surface area contributed by atoms with E-state index >= 15 is 0 Å². The molecule has 3 aromatic rings. The highest BCUT2D eigenvalue weighted by Gasteiger charge is 2.07. The van der Waals surface area contributed by atoms with E-state index in [9.17, 15) is 4.79 Å². The lowest BCUT2D eigenvalue weighted by molar-refractivity contribution is 0.102. The Balaban J connectivity index is 1.60. The fraction of sp³-hybridized carbons (Fsp3) is 0.0952. The van der Waals surface area contributed by atoms with Gasteiger partial charge in [-0.3, -0.25) is 4.79 Å². The van der Waals surface area contributed by atoms with Gasteiger partial charge in [-0.05, 0) is 73.8 Å². The van der Waals surface area contributed by atoms with Crippen molar-refractivity contribution in [3.05, 3.63) is 89.5 Å². The van der Waals surface area contributed by atoms with Crippen molar-refractivity contribution in [2.45, 2.75) is 18.7 Å². The third kappa shape index (κ3) is 4.64. The van der Waals surface area contributed by atoms with Crippen molar-refractivity contribution in [3.8, 4) is 0 Å². The van der Waals surface area contributed by atoms with Crippen LogP contribution in [0, 0.1) is 13.8 Å². The maximum absolute atomic E-state index is 12.4. The van der Waals surface area contributed by atoms with E-state index in [0.29, 0.717) is 5.56 Å². The fourth-order valence-corrected chi connectivity index (χ4v) is 2.97. The van der Waals surface area contributed by atoms with Crippen molar-refractivity contribution in [1.82, 2.24) is 0 Å². The number of para-hydroxylation sites is 1. The zero-order chi connectivity index (χ0) is 17.6. The molecule has 0 saturated heterocycles. The van der Waals surface area contributed by atoms with Crippen LogP contribution in [0.1, 0.15) is 21.5 Å². The predicted molar refractivity (Wildman–Crippen MR) is 106 cm³/mol. The van der Waals surface area contributed by atoms with Crippen LogP contribution in [0.2, 0.25) is 0 Å². The molecule has 3 rings (SSSR count). The van der Waals surface area contributed by atoms with Gasteiger partial charge >= 0.3 is 0 Å². The zero-order valence-corrected chi connectivity index (χ0v) is 15.1. The lowest BCUT2D eigenvalue weighted by Crippen LogP contribution is -2.12. The van der Waals surface area contributed by atoms with E-state index in [-0.39, 0.29) is 5.91 Å². The first kappa shape index (κ1) is 17.1. The lowest BCUT2D eigenvalue weighted by Gasteiger charge is -2.09. The molecular formula is C21H20N2OS. The van der Waals surface area contributed by atoms with Crippen molar-refractivity contribution in [3.63, 3.8) is 0 Å². The SMILES string of the molecule is Cc1ccc(NSc2ccc(C(=O)Nc3ccccc3C)cc2)cc1. The second-order valence-corrected chi connectivity index (χ2v) is 6.74. The van der Waals surface area contributed by atoms with Crippen molar-refractivity contribution >= 4 is 29.2 Å². The summed E-state index contributed by atoms with van der Waals surface area (Å²) in [5, 5.41) is 2.95. The molecule has 126 valence electrons. The summed E-state index contributed by atoms with van der Waals surface area (Å²) in [5.74, 6) is -0.0997. The van der Waals surface area contributed by atoms with Crippen LogP contribution < -0.4 is 10.0 Å². The Morgan fingerprint density at radius 3 is 2.20 bits per heavy atom. The second kappa shape index (κ2) is 7.90. The minimum Gasteiger partial charge on any atom is -0.326 e. The molecule has 0 aromatic heterocycles. The summed E-state index contributed by atoms with van der Waals surface area (Å²) in [5.41, 5.74) is 4.82. The van der Waals surface area contributed by atoms with Crippen LogP contribution >= 0.6 is 11.9 Å². The summed E-state index contributed by atoms with van der Waals surface area (Å²) < 4.78 is 3.30. The quantitative estimate of drug-likeness (QED) is 0.583. The van der Waals surface area contributed by atoms with Crippen molar-refractivity contribution in [2.24, 2.45) is 0 Å². The van der Waals surface area contributed by atoms with Crippen LogP contribution in [0.15, 0.2) is 77.7 Å². The third-order valence-corrected chi connectivity index (χ3v) is 4.69. The van der Waals surface area contributed by atoms with Gasteiger partial charge in [-0.25, -0.2) is 0 Å². The van der Waals surface area contributed by atoms with E-state index in [0.717, 1.165) is 21.8 Å². The molecule has 3 nitrogen and oxygen atoms in total. The maximum Gasteiger partial charge on any atom is 0.255 e. The van der Waals surface area contributed by atoms with Gasteiger partial charge in [-0.1, -0.05) is 35.9 Å². The summed E-state index contributed by atoms with van der Waals surface area (Å²) >= 11 is 1.52. The van der Waals surface area contributed by atoms with E-state index in [2.05, 4.69) is 29.1 Å². The Kier molecular flexibility index (Phi) is 5.41. The Morgan fingerprint density at radius 1 is 0.840 bits per heavy atom. The monoisotopic (exact) mass is 348 g/mol. The van der Waals surface area contributed by atoms with E-state index in [1.54, 1.807) is 0 Å². The van der Waals surface area contributed by atoms with Crippen LogP contribution in [0.3, 0.4) is 0 Å². The van der Waals surface area contributed by atoms with E-state index in [1.165, 1.54) is 17.5 Å². The second-order valence-electron chi connectivity index (χ2n) is 5.86. The van der Waals surface area contributed by atoms with Crippen LogP contribution in [-0.4, -0.2) is 5.91 Å². The highest BCUT2D eigenvalue weighted by molar-refractivity contribution is 8.00. The molecule has 25 heavy (non-hydrogen) atoms. The molecule has 3 aromatic carbocycles. The molecule has 0 spiro atoms. The molecular weight excluding hydrogens is 328 g/mol. The number of rotatable bonds is 5. The molecule has 0 saturated carbocycles. The summed E-state index contributed by atoms with van der Waals surface area (Å²) in [6.07, 6.45) is 0. The molecule has 0 heterocycles. The van der Waals surface area contributed by atoms with Gasteiger partial charge in [0, 0.05) is 21.8 Å². The van der Waals surface area contributed by atoms with E-state index in [1.807, 2.05) is 67.6 Å². The van der Waals surface area contributed by atoms with Gasteiger partial charge in [0.15, 0.2) is 0 Å². The topological polar surface area (TPSA) is 41.1 Å². The molecule has 0 aliphatic rings. The van der Waals surface area contributed by atoms with Crippen LogP contribution in [0.25, 0.3) is 0 Å². The largest absolute Gasteiger partial charge is 0.326 e. The number of aryl methyl sites for hydroxylation is 2. The zero-order valence-electron chi connectivity index (χ0n) is 14.2. The molecule has 0 atom stereocenters. The first-order chi connectivity index (χ1) is 12.1. The first-order valence-electron chi connectivity index (χ1n) is 8.08. The first-order valence-corrected chi connectivity index (χ1v) is 8.90. The lowest BCUT2D eigenvalue weighted by atomic mass is 10.1. The van der Waals surface area contributed by atoms with Gasteiger partial charge in [-0.15, -0.1) is 0 Å². The Hall–Kier alpha value is -2.72. The van der Waals surface area contributed by atoms with Crippen LogP contribution in [0.4, 0.5) is 11.4 Å². The number of anilines is 2. The van der Waals surface area contributed by atoms with Gasteiger partial charge in [0.05, 0.1) is 0 Å². The number of hydrogen-bond donors (Lipinski definition) is 2. The average Bonchev–Trinajstić information content (AvgIpc) is 2.63. The highest BCUT2D eigenvalue weighted by atomic mass is 32.2. The molecule has 0 bridgehead atoms. The number of carbonyl (C=O) groups is 1. The van der Waals surface area contributed by atoms with Gasteiger partial charge in [0.1, 0.15) is 0 Å². The van der Waals surface area contributed by atoms with Gasteiger partial charge in [-0.2, -0.15) is 0 Å². The Labute approximate surface area is 152 Å². The van der Waals surface area contributed by atoms with Gasteiger partial charge < -0.3 is 10.0 Å². The Bertz CT molecular complexity index is 858. The molecule has 0 radical (unpaired) electrons. The van der Waals surface area contributed by atoms with Gasteiger partial charge in [0.25, 0.3) is 5.91 Å². The maximum atomic E-state index is 12.4. The van der Waals surface area contributed by atoms with E-state index in [4.69, 9.17) is 0 Å².